The molecule has 0 aliphatic rings. The molecule has 0 aliphatic carbocycles. The third-order valence-electron chi connectivity index (χ3n) is 2.31. The van der Waals surface area contributed by atoms with Crippen molar-refractivity contribution in [2.24, 2.45) is 0 Å². The molecule has 4 nitrogen and oxygen atoms in total. The maximum atomic E-state index is 9.07. The van der Waals surface area contributed by atoms with Crippen LogP contribution in [0.4, 0.5) is 0 Å². The lowest BCUT2D eigenvalue weighted by molar-refractivity contribution is 0.181. The summed E-state index contributed by atoms with van der Waals surface area (Å²) >= 11 is 0. The predicted molar refractivity (Wildman–Crippen MR) is 63.4 cm³/mol. The second-order valence-electron chi connectivity index (χ2n) is 3.88. The van der Waals surface area contributed by atoms with Gasteiger partial charge in [0, 0.05) is 18.8 Å². The van der Waals surface area contributed by atoms with Crippen LogP contribution < -0.4 is 10.1 Å². The summed E-state index contributed by atoms with van der Waals surface area (Å²) in [6, 6.07) is 3.85. The molecule has 1 unspecified atom stereocenters. The first-order chi connectivity index (χ1) is 7.72. The highest BCUT2D eigenvalue weighted by Crippen LogP contribution is 2.06. The van der Waals surface area contributed by atoms with Crippen molar-refractivity contribution < 1.29 is 9.84 Å². The molecule has 1 aromatic heterocycles. The van der Waals surface area contributed by atoms with Crippen molar-refractivity contribution >= 4 is 0 Å². The van der Waals surface area contributed by atoms with Crippen LogP contribution >= 0.6 is 0 Å². The number of rotatable bonds is 7. The molecule has 0 fully saturated rings. The van der Waals surface area contributed by atoms with E-state index in [1.807, 2.05) is 19.1 Å². The minimum Gasteiger partial charge on any atom is -0.481 e. The molecule has 0 saturated heterocycles. The molecule has 0 saturated carbocycles. The zero-order chi connectivity index (χ0) is 11.8. The van der Waals surface area contributed by atoms with Gasteiger partial charge < -0.3 is 15.2 Å². The number of hydrogen-bond donors (Lipinski definition) is 2. The topological polar surface area (TPSA) is 54.4 Å². The standard InChI is InChI=1S/C12H20N2O2/c1-10(15)4-3-7-13-8-11-5-6-12(16-2)14-9-11/h5-6,9-10,13,15H,3-4,7-8H2,1-2H3. The molecule has 0 aromatic carbocycles. The molecular weight excluding hydrogens is 204 g/mol. The third kappa shape index (κ3) is 5.09. The Balaban J connectivity index is 2.16. The van der Waals surface area contributed by atoms with E-state index in [2.05, 4.69) is 10.3 Å². The molecule has 1 aromatic rings. The molecule has 16 heavy (non-hydrogen) atoms. The summed E-state index contributed by atoms with van der Waals surface area (Å²) in [5, 5.41) is 12.4. The highest BCUT2D eigenvalue weighted by molar-refractivity contribution is 5.17. The molecule has 1 heterocycles. The van der Waals surface area contributed by atoms with Gasteiger partial charge in [0.05, 0.1) is 13.2 Å². The van der Waals surface area contributed by atoms with Gasteiger partial charge in [-0.3, -0.25) is 0 Å². The Hall–Kier alpha value is -1.13. The molecular formula is C12H20N2O2. The summed E-state index contributed by atoms with van der Waals surface area (Å²) in [6.07, 6.45) is 3.43. The first-order valence-electron chi connectivity index (χ1n) is 5.60. The average molecular weight is 224 g/mol. The molecule has 0 amide bonds. The quantitative estimate of drug-likeness (QED) is 0.686. The molecule has 90 valence electrons. The van der Waals surface area contributed by atoms with Crippen LogP contribution in [0.3, 0.4) is 0 Å². The number of aromatic nitrogens is 1. The largest absolute Gasteiger partial charge is 0.481 e. The van der Waals surface area contributed by atoms with Crippen LogP contribution in [-0.2, 0) is 6.54 Å². The van der Waals surface area contributed by atoms with E-state index in [0.717, 1.165) is 31.5 Å². The zero-order valence-electron chi connectivity index (χ0n) is 9.94. The van der Waals surface area contributed by atoms with Gasteiger partial charge in [-0.05, 0) is 31.9 Å². The second-order valence-corrected chi connectivity index (χ2v) is 3.88. The van der Waals surface area contributed by atoms with E-state index >= 15 is 0 Å². The zero-order valence-corrected chi connectivity index (χ0v) is 9.94. The van der Waals surface area contributed by atoms with Crippen LogP contribution in [0.5, 0.6) is 5.88 Å². The maximum Gasteiger partial charge on any atom is 0.212 e. The highest BCUT2D eigenvalue weighted by atomic mass is 16.5. The fourth-order valence-electron chi connectivity index (χ4n) is 1.39. The van der Waals surface area contributed by atoms with Crippen LogP contribution in [0.1, 0.15) is 25.3 Å². The van der Waals surface area contributed by atoms with Gasteiger partial charge in [0.25, 0.3) is 0 Å². The monoisotopic (exact) mass is 224 g/mol. The summed E-state index contributed by atoms with van der Waals surface area (Å²) in [5.41, 5.74) is 1.14. The van der Waals surface area contributed by atoms with E-state index in [4.69, 9.17) is 9.84 Å². The molecule has 0 aliphatic heterocycles. The van der Waals surface area contributed by atoms with E-state index in [0.29, 0.717) is 5.88 Å². The van der Waals surface area contributed by atoms with Gasteiger partial charge in [-0.15, -0.1) is 0 Å². The predicted octanol–water partition coefficient (Wildman–Crippen LogP) is 1.34. The lowest BCUT2D eigenvalue weighted by Gasteiger charge is -2.06. The SMILES string of the molecule is COc1ccc(CNCCCC(C)O)cn1. The van der Waals surface area contributed by atoms with E-state index in [9.17, 15) is 0 Å². The molecule has 4 heteroatoms. The summed E-state index contributed by atoms with van der Waals surface area (Å²) in [5.74, 6) is 0.637. The van der Waals surface area contributed by atoms with Crippen molar-refractivity contribution in [3.63, 3.8) is 0 Å². The van der Waals surface area contributed by atoms with E-state index in [1.165, 1.54) is 0 Å². The van der Waals surface area contributed by atoms with Gasteiger partial charge >= 0.3 is 0 Å². The number of ether oxygens (including phenoxy) is 1. The van der Waals surface area contributed by atoms with Gasteiger partial charge in [0.1, 0.15) is 0 Å². The third-order valence-corrected chi connectivity index (χ3v) is 2.31. The second kappa shape index (κ2) is 7.19. The fourth-order valence-corrected chi connectivity index (χ4v) is 1.39. The van der Waals surface area contributed by atoms with Gasteiger partial charge in [-0.2, -0.15) is 0 Å². The number of aliphatic hydroxyl groups excluding tert-OH is 1. The van der Waals surface area contributed by atoms with E-state index in [-0.39, 0.29) is 6.10 Å². The Bertz CT molecular complexity index is 286. The van der Waals surface area contributed by atoms with E-state index < -0.39 is 0 Å². The van der Waals surface area contributed by atoms with Gasteiger partial charge in [-0.1, -0.05) is 6.07 Å². The molecule has 2 N–H and O–H groups in total. The smallest absolute Gasteiger partial charge is 0.212 e. The lowest BCUT2D eigenvalue weighted by atomic mass is 10.2. The first kappa shape index (κ1) is 12.9. The minimum absolute atomic E-state index is 0.204. The molecule has 0 bridgehead atoms. The fraction of sp³-hybridized carbons (Fsp3) is 0.583. The van der Waals surface area contributed by atoms with Crippen molar-refractivity contribution in [3.8, 4) is 5.88 Å². The number of aliphatic hydroxyl groups is 1. The molecule has 0 radical (unpaired) electrons. The Labute approximate surface area is 96.7 Å². The Morgan fingerprint density at radius 3 is 2.88 bits per heavy atom. The van der Waals surface area contributed by atoms with Gasteiger partial charge in [-0.25, -0.2) is 4.98 Å². The number of hydrogen-bond acceptors (Lipinski definition) is 4. The number of nitrogens with one attached hydrogen (secondary N) is 1. The average Bonchev–Trinajstić information content (AvgIpc) is 2.29. The number of nitrogens with zero attached hydrogens (tertiary/aromatic N) is 1. The van der Waals surface area contributed by atoms with E-state index in [1.54, 1.807) is 13.3 Å². The van der Waals surface area contributed by atoms with Crippen LogP contribution in [-0.4, -0.2) is 29.8 Å². The highest BCUT2D eigenvalue weighted by Gasteiger charge is 1.97. The number of methoxy groups -OCH3 is 1. The normalized spacial score (nSPS) is 12.4. The summed E-state index contributed by atoms with van der Waals surface area (Å²) in [4.78, 5) is 4.12. The van der Waals surface area contributed by atoms with Crippen LogP contribution in [0.2, 0.25) is 0 Å². The Morgan fingerprint density at radius 2 is 2.31 bits per heavy atom. The number of pyridine rings is 1. The van der Waals surface area contributed by atoms with Crippen molar-refractivity contribution in [3.05, 3.63) is 23.9 Å². The van der Waals surface area contributed by atoms with Gasteiger partial charge in [0.2, 0.25) is 5.88 Å². The van der Waals surface area contributed by atoms with Crippen LogP contribution in [0, 0.1) is 0 Å². The lowest BCUT2D eigenvalue weighted by Crippen LogP contribution is -2.16. The molecule has 0 spiro atoms. The summed E-state index contributed by atoms with van der Waals surface area (Å²) < 4.78 is 4.98. The van der Waals surface area contributed by atoms with Gasteiger partial charge in [0.15, 0.2) is 0 Å². The van der Waals surface area contributed by atoms with Crippen molar-refractivity contribution in [1.29, 1.82) is 0 Å². The van der Waals surface area contributed by atoms with Crippen molar-refractivity contribution in [1.82, 2.24) is 10.3 Å². The minimum atomic E-state index is -0.204. The van der Waals surface area contributed by atoms with Crippen molar-refractivity contribution in [2.45, 2.75) is 32.4 Å². The summed E-state index contributed by atoms with van der Waals surface area (Å²) in [6.45, 7) is 3.53. The Kier molecular flexibility index (Phi) is 5.82. The van der Waals surface area contributed by atoms with Crippen LogP contribution in [0.25, 0.3) is 0 Å². The summed E-state index contributed by atoms with van der Waals surface area (Å²) in [7, 11) is 1.61. The van der Waals surface area contributed by atoms with Crippen molar-refractivity contribution in [2.75, 3.05) is 13.7 Å². The van der Waals surface area contributed by atoms with Crippen LogP contribution in [0.15, 0.2) is 18.3 Å². The molecule has 1 rings (SSSR count). The maximum absolute atomic E-state index is 9.07. The Morgan fingerprint density at radius 1 is 1.50 bits per heavy atom. The first-order valence-corrected chi connectivity index (χ1v) is 5.60. The molecule has 1 atom stereocenters.